The summed E-state index contributed by atoms with van der Waals surface area (Å²) in [6, 6.07) is 15.9. The van der Waals surface area contributed by atoms with E-state index in [2.05, 4.69) is 25.3 Å². The Labute approximate surface area is 199 Å². The minimum Gasteiger partial charge on any atom is -0.490 e. The van der Waals surface area contributed by atoms with Crippen molar-refractivity contribution in [3.05, 3.63) is 72.8 Å². The second-order valence-corrected chi connectivity index (χ2v) is 8.48. The SMILES string of the molecule is C=C(C)C(=O)OC(C)COc1ccc2cc3ccc(OCC(C)OC(=O)C(=C)C)cc3cc2c1. The Balaban J connectivity index is 1.69. The van der Waals surface area contributed by atoms with Crippen LogP contribution >= 0.6 is 0 Å². The second-order valence-electron chi connectivity index (χ2n) is 8.48. The molecule has 0 aliphatic rings. The third-order valence-corrected chi connectivity index (χ3v) is 5.02. The van der Waals surface area contributed by atoms with Gasteiger partial charge in [-0.3, -0.25) is 0 Å². The lowest BCUT2D eigenvalue weighted by Gasteiger charge is -2.15. The Kier molecular flexibility index (Phi) is 7.95. The highest BCUT2D eigenvalue weighted by molar-refractivity contribution is 5.99. The number of hydrogen-bond donors (Lipinski definition) is 0. The maximum absolute atomic E-state index is 11.6. The molecule has 0 spiro atoms. The van der Waals surface area contributed by atoms with E-state index < -0.39 is 24.1 Å². The molecule has 0 radical (unpaired) electrons. The molecule has 6 nitrogen and oxygen atoms in total. The van der Waals surface area contributed by atoms with Gasteiger partial charge in [-0.25, -0.2) is 9.59 Å². The summed E-state index contributed by atoms with van der Waals surface area (Å²) in [5.74, 6) is 0.515. The summed E-state index contributed by atoms with van der Waals surface area (Å²) in [4.78, 5) is 23.3. The molecule has 0 aromatic heterocycles. The van der Waals surface area contributed by atoms with Gasteiger partial charge in [-0.1, -0.05) is 25.3 Å². The van der Waals surface area contributed by atoms with Crippen LogP contribution in [0.1, 0.15) is 27.7 Å². The Morgan fingerprint density at radius 1 is 0.676 bits per heavy atom. The number of benzene rings is 3. The molecule has 3 rings (SSSR count). The predicted molar refractivity (Wildman–Crippen MR) is 133 cm³/mol. The molecule has 0 bridgehead atoms. The Hall–Kier alpha value is -3.80. The molecule has 0 saturated carbocycles. The van der Waals surface area contributed by atoms with Gasteiger partial charge in [0, 0.05) is 11.1 Å². The molecule has 0 heterocycles. The molecule has 178 valence electrons. The van der Waals surface area contributed by atoms with Gasteiger partial charge in [0.2, 0.25) is 0 Å². The van der Waals surface area contributed by atoms with Crippen molar-refractivity contribution in [3.63, 3.8) is 0 Å². The van der Waals surface area contributed by atoms with Crippen LogP contribution < -0.4 is 9.47 Å². The van der Waals surface area contributed by atoms with E-state index in [9.17, 15) is 9.59 Å². The molecule has 0 amide bonds. The second kappa shape index (κ2) is 10.9. The van der Waals surface area contributed by atoms with Crippen LogP contribution in [0.5, 0.6) is 11.5 Å². The first-order valence-corrected chi connectivity index (χ1v) is 11.1. The first kappa shape index (κ1) is 24.8. The number of fused-ring (bicyclic) bond motifs is 2. The molecule has 0 aliphatic heterocycles. The quantitative estimate of drug-likeness (QED) is 0.217. The summed E-state index contributed by atoms with van der Waals surface area (Å²) >= 11 is 0. The highest BCUT2D eigenvalue weighted by Crippen LogP contribution is 2.29. The van der Waals surface area contributed by atoms with Gasteiger partial charge in [-0.2, -0.15) is 0 Å². The Morgan fingerprint density at radius 2 is 1.06 bits per heavy atom. The average Bonchev–Trinajstić information content (AvgIpc) is 2.79. The lowest BCUT2D eigenvalue weighted by molar-refractivity contribution is -0.145. The van der Waals surface area contributed by atoms with Crippen molar-refractivity contribution in [1.29, 1.82) is 0 Å². The van der Waals surface area contributed by atoms with E-state index in [0.29, 0.717) is 22.6 Å². The summed E-state index contributed by atoms with van der Waals surface area (Å²) in [6.07, 6.45) is -0.790. The zero-order valence-electron chi connectivity index (χ0n) is 20.1. The van der Waals surface area contributed by atoms with Crippen molar-refractivity contribution in [2.24, 2.45) is 0 Å². The summed E-state index contributed by atoms with van der Waals surface area (Å²) < 4.78 is 22.2. The van der Waals surface area contributed by atoms with Crippen LogP contribution in [0.3, 0.4) is 0 Å². The molecule has 0 aliphatic carbocycles. The zero-order valence-corrected chi connectivity index (χ0v) is 20.1. The zero-order chi connectivity index (χ0) is 24.8. The summed E-state index contributed by atoms with van der Waals surface area (Å²) in [5, 5.41) is 4.18. The van der Waals surface area contributed by atoms with E-state index in [4.69, 9.17) is 18.9 Å². The van der Waals surface area contributed by atoms with Crippen LogP contribution in [0.25, 0.3) is 21.5 Å². The minimum atomic E-state index is -0.428. The highest BCUT2D eigenvalue weighted by atomic mass is 16.6. The van der Waals surface area contributed by atoms with Crippen LogP contribution in [0.4, 0.5) is 0 Å². The molecule has 0 fully saturated rings. The number of carbonyl (C=O) groups excluding carboxylic acids is 2. The van der Waals surface area contributed by atoms with Gasteiger partial charge < -0.3 is 18.9 Å². The minimum absolute atomic E-state index is 0.240. The van der Waals surface area contributed by atoms with Crippen molar-refractivity contribution in [2.45, 2.75) is 39.9 Å². The average molecular weight is 463 g/mol. The third kappa shape index (κ3) is 6.61. The van der Waals surface area contributed by atoms with Gasteiger partial charge in [0.05, 0.1) is 0 Å². The van der Waals surface area contributed by atoms with Crippen LogP contribution in [-0.4, -0.2) is 37.4 Å². The van der Waals surface area contributed by atoms with Gasteiger partial charge in [0.1, 0.15) is 36.9 Å². The van der Waals surface area contributed by atoms with Crippen molar-refractivity contribution in [1.82, 2.24) is 0 Å². The molecule has 3 aromatic rings. The Morgan fingerprint density at radius 3 is 1.44 bits per heavy atom. The lowest BCUT2D eigenvalue weighted by Crippen LogP contribution is -2.22. The smallest absolute Gasteiger partial charge is 0.333 e. The first-order chi connectivity index (χ1) is 16.1. The number of esters is 2. The maximum Gasteiger partial charge on any atom is 0.333 e. The number of carbonyl (C=O) groups is 2. The van der Waals surface area contributed by atoms with Crippen LogP contribution in [-0.2, 0) is 19.1 Å². The fraction of sp³-hybridized carbons (Fsp3) is 0.286. The largest absolute Gasteiger partial charge is 0.490 e. The predicted octanol–water partition coefficient (Wildman–Crippen LogP) is 5.77. The van der Waals surface area contributed by atoms with Gasteiger partial charge in [-0.15, -0.1) is 0 Å². The van der Waals surface area contributed by atoms with E-state index >= 15 is 0 Å². The Bertz CT molecular complexity index is 1150. The topological polar surface area (TPSA) is 71.1 Å². The molecule has 0 N–H and O–H groups in total. The summed E-state index contributed by atoms with van der Waals surface area (Å²) in [7, 11) is 0. The van der Waals surface area contributed by atoms with E-state index in [1.807, 2.05) is 36.4 Å². The van der Waals surface area contributed by atoms with Crippen LogP contribution in [0, 0.1) is 0 Å². The van der Waals surface area contributed by atoms with Gasteiger partial charge in [0.25, 0.3) is 0 Å². The number of ether oxygens (including phenoxy) is 4. The van der Waals surface area contributed by atoms with E-state index in [0.717, 1.165) is 21.5 Å². The lowest BCUT2D eigenvalue weighted by atomic mass is 10.0. The van der Waals surface area contributed by atoms with Crippen molar-refractivity contribution >= 4 is 33.5 Å². The molecular weight excluding hydrogens is 432 g/mol. The number of hydrogen-bond acceptors (Lipinski definition) is 6. The van der Waals surface area contributed by atoms with Gasteiger partial charge >= 0.3 is 11.9 Å². The van der Waals surface area contributed by atoms with Crippen molar-refractivity contribution < 1.29 is 28.5 Å². The molecule has 2 unspecified atom stereocenters. The number of rotatable bonds is 10. The summed E-state index contributed by atoms with van der Waals surface area (Å²) in [5.41, 5.74) is 0.713. The van der Waals surface area contributed by atoms with Gasteiger partial charge in [0.15, 0.2) is 0 Å². The fourth-order valence-corrected chi connectivity index (χ4v) is 3.20. The van der Waals surface area contributed by atoms with Crippen molar-refractivity contribution in [3.8, 4) is 11.5 Å². The van der Waals surface area contributed by atoms with Gasteiger partial charge in [-0.05, 0) is 85.6 Å². The highest BCUT2D eigenvalue weighted by Gasteiger charge is 2.12. The monoisotopic (exact) mass is 462 g/mol. The van der Waals surface area contributed by atoms with E-state index in [-0.39, 0.29) is 13.2 Å². The first-order valence-electron chi connectivity index (χ1n) is 11.1. The van der Waals surface area contributed by atoms with Crippen molar-refractivity contribution in [2.75, 3.05) is 13.2 Å². The van der Waals surface area contributed by atoms with Crippen LogP contribution in [0.15, 0.2) is 72.8 Å². The standard InChI is InChI=1S/C28H30O6/c1-17(2)27(29)33-19(5)15-31-25-9-7-21-11-22-8-10-26(14-24(22)12-23(21)13-25)32-16-20(6)34-28(30)18(3)4/h7-14,19-20H,1,3,15-16H2,2,4-6H3. The van der Waals surface area contributed by atoms with E-state index in [1.54, 1.807) is 27.7 Å². The van der Waals surface area contributed by atoms with Crippen LogP contribution in [0.2, 0.25) is 0 Å². The normalized spacial score (nSPS) is 12.6. The van der Waals surface area contributed by atoms with E-state index in [1.165, 1.54) is 0 Å². The molecule has 34 heavy (non-hydrogen) atoms. The third-order valence-electron chi connectivity index (χ3n) is 5.02. The molecule has 6 heteroatoms. The molecule has 2 atom stereocenters. The maximum atomic E-state index is 11.6. The fourth-order valence-electron chi connectivity index (χ4n) is 3.20. The molecule has 3 aromatic carbocycles. The molecule has 0 saturated heterocycles. The summed E-state index contributed by atoms with van der Waals surface area (Å²) in [6.45, 7) is 14.4. The molecular formula is C28H30O6.